The average molecular weight is 279 g/mol. The van der Waals surface area contributed by atoms with Crippen LogP contribution in [0.1, 0.15) is 46.5 Å². The van der Waals surface area contributed by atoms with Gasteiger partial charge in [0.25, 0.3) is 0 Å². The van der Waals surface area contributed by atoms with Crippen molar-refractivity contribution in [3.8, 4) is 5.75 Å². The predicted octanol–water partition coefficient (Wildman–Crippen LogP) is 4.85. The van der Waals surface area contributed by atoms with Crippen molar-refractivity contribution in [3.05, 3.63) is 24.0 Å². The van der Waals surface area contributed by atoms with E-state index in [1.54, 1.807) is 12.1 Å². The van der Waals surface area contributed by atoms with Gasteiger partial charge >= 0.3 is 0 Å². The van der Waals surface area contributed by atoms with Gasteiger partial charge in [0, 0.05) is 17.8 Å². The second-order valence-electron chi connectivity index (χ2n) is 6.02. The molecule has 0 amide bonds. The molecular weight excluding hydrogens is 253 g/mol. The van der Waals surface area contributed by atoms with Crippen LogP contribution in [0.25, 0.3) is 0 Å². The zero-order valence-electron chi connectivity index (χ0n) is 12.8. The number of benzene rings is 1. The molecule has 1 fully saturated rings. The Labute approximate surface area is 121 Å². The highest BCUT2D eigenvalue weighted by Gasteiger charge is 2.27. The molecule has 0 saturated heterocycles. The van der Waals surface area contributed by atoms with E-state index in [9.17, 15) is 4.39 Å². The highest BCUT2D eigenvalue weighted by atomic mass is 19.1. The van der Waals surface area contributed by atoms with Gasteiger partial charge in [0.2, 0.25) is 0 Å². The number of hydrogen-bond donors (Lipinski definition) is 1. The summed E-state index contributed by atoms with van der Waals surface area (Å²) in [5.74, 6) is 1.40. The third-order valence-electron chi connectivity index (χ3n) is 4.26. The first kappa shape index (κ1) is 15.1. The van der Waals surface area contributed by atoms with Gasteiger partial charge in [-0.05, 0) is 43.7 Å². The Hall–Kier alpha value is -1.25. The third kappa shape index (κ3) is 3.65. The van der Waals surface area contributed by atoms with Gasteiger partial charge in [0.15, 0.2) is 11.6 Å². The summed E-state index contributed by atoms with van der Waals surface area (Å²) in [4.78, 5) is 0. The van der Waals surface area contributed by atoms with Crippen molar-refractivity contribution in [2.24, 2.45) is 11.8 Å². The molecule has 0 heterocycles. The fourth-order valence-electron chi connectivity index (χ4n) is 3.21. The summed E-state index contributed by atoms with van der Waals surface area (Å²) in [6.07, 6.45) is 5.03. The van der Waals surface area contributed by atoms with Crippen LogP contribution in [0.15, 0.2) is 18.2 Å². The standard InChI is InChI=1S/C17H26FNO/c1-4-20-17-10-9-13(11-15(17)18)19-16-8-6-5-7-14(16)12(2)3/h9-12,14,16,19H,4-8H2,1-3H3. The monoisotopic (exact) mass is 279 g/mol. The number of rotatable bonds is 5. The molecule has 2 rings (SSSR count). The lowest BCUT2D eigenvalue weighted by Gasteiger charge is -2.35. The first-order valence-corrected chi connectivity index (χ1v) is 7.80. The van der Waals surface area contributed by atoms with Gasteiger partial charge in [-0.1, -0.05) is 26.7 Å². The summed E-state index contributed by atoms with van der Waals surface area (Å²) in [5, 5.41) is 3.53. The van der Waals surface area contributed by atoms with Crippen LogP contribution in [0.2, 0.25) is 0 Å². The predicted molar refractivity (Wildman–Crippen MR) is 81.8 cm³/mol. The SMILES string of the molecule is CCOc1ccc(NC2CCCCC2C(C)C)cc1F. The van der Waals surface area contributed by atoms with E-state index in [1.807, 2.05) is 13.0 Å². The Morgan fingerprint density at radius 3 is 2.70 bits per heavy atom. The molecule has 0 radical (unpaired) electrons. The zero-order valence-corrected chi connectivity index (χ0v) is 12.8. The third-order valence-corrected chi connectivity index (χ3v) is 4.26. The lowest BCUT2D eigenvalue weighted by atomic mass is 9.78. The molecule has 1 aromatic carbocycles. The minimum Gasteiger partial charge on any atom is -0.491 e. The summed E-state index contributed by atoms with van der Waals surface area (Å²) >= 11 is 0. The van der Waals surface area contributed by atoms with Gasteiger partial charge in [-0.3, -0.25) is 0 Å². The number of anilines is 1. The second kappa shape index (κ2) is 6.96. The maximum absolute atomic E-state index is 13.9. The average Bonchev–Trinajstić information content (AvgIpc) is 2.42. The van der Waals surface area contributed by atoms with Gasteiger partial charge in [-0.25, -0.2) is 4.39 Å². The summed E-state index contributed by atoms with van der Waals surface area (Å²) in [6, 6.07) is 5.65. The molecule has 1 aliphatic rings. The molecule has 1 N–H and O–H groups in total. The summed E-state index contributed by atoms with van der Waals surface area (Å²) in [7, 11) is 0. The van der Waals surface area contributed by atoms with Crippen LogP contribution in [0.4, 0.5) is 10.1 Å². The summed E-state index contributed by atoms with van der Waals surface area (Å²) in [6.45, 7) is 6.91. The van der Waals surface area contributed by atoms with Gasteiger partial charge < -0.3 is 10.1 Å². The molecule has 20 heavy (non-hydrogen) atoms. The van der Waals surface area contributed by atoms with Crippen molar-refractivity contribution >= 4 is 5.69 Å². The van der Waals surface area contributed by atoms with Crippen LogP contribution in [0, 0.1) is 17.7 Å². The summed E-state index contributed by atoms with van der Waals surface area (Å²) in [5.41, 5.74) is 0.864. The van der Waals surface area contributed by atoms with Gasteiger partial charge in [-0.2, -0.15) is 0 Å². The minimum atomic E-state index is -0.284. The largest absolute Gasteiger partial charge is 0.491 e. The number of hydrogen-bond acceptors (Lipinski definition) is 2. The van der Waals surface area contributed by atoms with Crippen LogP contribution in [0.3, 0.4) is 0 Å². The Balaban J connectivity index is 2.06. The lowest BCUT2D eigenvalue weighted by Crippen LogP contribution is -2.35. The molecule has 0 bridgehead atoms. The first-order valence-electron chi connectivity index (χ1n) is 7.80. The molecule has 2 atom stereocenters. The maximum Gasteiger partial charge on any atom is 0.167 e. The molecule has 1 aromatic rings. The molecule has 3 heteroatoms. The highest BCUT2D eigenvalue weighted by Crippen LogP contribution is 2.33. The molecule has 0 aromatic heterocycles. The lowest BCUT2D eigenvalue weighted by molar-refractivity contribution is 0.253. The molecule has 2 nitrogen and oxygen atoms in total. The van der Waals surface area contributed by atoms with E-state index in [0.717, 1.165) is 5.69 Å². The van der Waals surface area contributed by atoms with E-state index < -0.39 is 0 Å². The molecular formula is C17H26FNO. The Bertz CT molecular complexity index is 433. The van der Waals surface area contributed by atoms with Crippen LogP contribution in [-0.4, -0.2) is 12.6 Å². The number of halogens is 1. The van der Waals surface area contributed by atoms with Gasteiger partial charge in [0.05, 0.1) is 6.61 Å². The van der Waals surface area contributed by atoms with Crippen molar-refractivity contribution in [1.29, 1.82) is 0 Å². The Morgan fingerprint density at radius 1 is 1.30 bits per heavy atom. The Morgan fingerprint density at radius 2 is 2.05 bits per heavy atom. The molecule has 1 aliphatic carbocycles. The minimum absolute atomic E-state index is 0.284. The van der Waals surface area contributed by atoms with E-state index in [4.69, 9.17) is 4.74 Å². The van der Waals surface area contributed by atoms with Crippen LogP contribution >= 0.6 is 0 Å². The van der Waals surface area contributed by atoms with E-state index in [0.29, 0.717) is 30.2 Å². The van der Waals surface area contributed by atoms with E-state index in [-0.39, 0.29) is 5.82 Å². The molecule has 112 valence electrons. The fourth-order valence-corrected chi connectivity index (χ4v) is 3.21. The fraction of sp³-hybridized carbons (Fsp3) is 0.647. The van der Waals surface area contributed by atoms with Crippen molar-refractivity contribution in [1.82, 2.24) is 0 Å². The molecule has 1 saturated carbocycles. The smallest absolute Gasteiger partial charge is 0.167 e. The van der Waals surface area contributed by atoms with Crippen molar-refractivity contribution < 1.29 is 9.13 Å². The number of nitrogens with one attached hydrogen (secondary N) is 1. The quantitative estimate of drug-likeness (QED) is 0.831. The van der Waals surface area contributed by atoms with E-state index in [1.165, 1.54) is 25.7 Å². The van der Waals surface area contributed by atoms with Crippen LogP contribution in [-0.2, 0) is 0 Å². The van der Waals surface area contributed by atoms with E-state index >= 15 is 0 Å². The van der Waals surface area contributed by atoms with E-state index in [2.05, 4.69) is 19.2 Å². The van der Waals surface area contributed by atoms with Crippen molar-refractivity contribution in [2.45, 2.75) is 52.5 Å². The first-order chi connectivity index (χ1) is 9.61. The number of ether oxygens (including phenoxy) is 1. The van der Waals surface area contributed by atoms with Crippen LogP contribution in [0.5, 0.6) is 5.75 Å². The molecule has 0 spiro atoms. The second-order valence-corrected chi connectivity index (χ2v) is 6.02. The topological polar surface area (TPSA) is 21.3 Å². The highest BCUT2D eigenvalue weighted by molar-refractivity contribution is 5.48. The van der Waals surface area contributed by atoms with Crippen molar-refractivity contribution in [2.75, 3.05) is 11.9 Å². The van der Waals surface area contributed by atoms with Crippen LogP contribution < -0.4 is 10.1 Å². The molecule has 2 unspecified atom stereocenters. The Kier molecular flexibility index (Phi) is 5.27. The van der Waals surface area contributed by atoms with Gasteiger partial charge in [0.1, 0.15) is 0 Å². The van der Waals surface area contributed by atoms with Crippen molar-refractivity contribution in [3.63, 3.8) is 0 Å². The maximum atomic E-state index is 13.9. The normalized spacial score (nSPS) is 22.9. The zero-order chi connectivity index (χ0) is 14.5. The summed E-state index contributed by atoms with van der Waals surface area (Å²) < 4.78 is 19.1. The van der Waals surface area contributed by atoms with Gasteiger partial charge in [-0.15, -0.1) is 0 Å². The molecule has 0 aliphatic heterocycles.